The summed E-state index contributed by atoms with van der Waals surface area (Å²) in [6.07, 6.45) is 1.93. The number of hydrogen-bond acceptors (Lipinski definition) is 6. The van der Waals surface area contributed by atoms with E-state index in [-0.39, 0.29) is 6.10 Å². The first-order valence-corrected chi connectivity index (χ1v) is 9.26. The summed E-state index contributed by atoms with van der Waals surface area (Å²) in [5.74, 6) is 0.869. The monoisotopic (exact) mass is 355 g/mol. The van der Waals surface area contributed by atoms with Gasteiger partial charge < -0.3 is 10.1 Å². The van der Waals surface area contributed by atoms with Gasteiger partial charge in [-0.05, 0) is 23.6 Å². The van der Waals surface area contributed by atoms with E-state index in [2.05, 4.69) is 42.9 Å². The Balaban J connectivity index is 1.48. The lowest BCUT2D eigenvalue weighted by Gasteiger charge is -2.32. The summed E-state index contributed by atoms with van der Waals surface area (Å²) >= 11 is 1.73. The van der Waals surface area contributed by atoms with Crippen LogP contribution in [0.2, 0.25) is 0 Å². The molecule has 6 nitrogen and oxygen atoms in total. The summed E-state index contributed by atoms with van der Waals surface area (Å²) in [6.45, 7) is 3.31. The van der Waals surface area contributed by atoms with Gasteiger partial charge in [0, 0.05) is 32.2 Å². The molecule has 0 aliphatic carbocycles. The van der Waals surface area contributed by atoms with Gasteiger partial charge in [-0.15, -0.1) is 11.3 Å². The highest BCUT2D eigenvalue weighted by Gasteiger charge is 2.24. The minimum absolute atomic E-state index is 0.000797. The molecule has 0 radical (unpaired) electrons. The number of nitrogens with one attached hydrogen (secondary N) is 2. The third-order valence-electron chi connectivity index (χ3n) is 4.39. The Morgan fingerprint density at radius 1 is 1.36 bits per heavy atom. The van der Waals surface area contributed by atoms with Gasteiger partial charge in [0.2, 0.25) is 0 Å². The number of hydrogen-bond donors (Lipinski definition) is 2. The number of aromatic nitrogens is 3. The topological polar surface area (TPSA) is 66.1 Å². The summed E-state index contributed by atoms with van der Waals surface area (Å²) < 4.78 is 5.96. The number of morpholine rings is 1. The van der Waals surface area contributed by atoms with Crippen LogP contribution in [0.4, 0.5) is 5.82 Å². The van der Waals surface area contributed by atoms with Crippen LogP contribution in [0.15, 0.2) is 41.9 Å². The molecule has 0 bridgehead atoms. The van der Waals surface area contributed by atoms with Crippen molar-refractivity contribution in [1.29, 1.82) is 0 Å². The van der Waals surface area contributed by atoms with Crippen molar-refractivity contribution >= 4 is 17.2 Å². The van der Waals surface area contributed by atoms with Crippen molar-refractivity contribution < 1.29 is 4.74 Å². The second kappa shape index (κ2) is 7.35. The fraction of sp³-hybridized carbons (Fsp3) is 0.333. The van der Waals surface area contributed by atoms with Crippen LogP contribution in [0, 0.1) is 0 Å². The number of nitrogens with zero attached hydrogens (tertiary/aromatic N) is 3. The molecule has 130 valence electrons. The van der Waals surface area contributed by atoms with Crippen LogP contribution in [0.3, 0.4) is 0 Å². The van der Waals surface area contributed by atoms with Gasteiger partial charge in [0.25, 0.3) is 0 Å². The van der Waals surface area contributed by atoms with Crippen molar-refractivity contribution in [3.8, 4) is 10.6 Å². The van der Waals surface area contributed by atoms with Crippen LogP contribution in [-0.4, -0.2) is 46.8 Å². The molecule has 1 saturated heterocycles. The number of pyridine rings is 1. The average molecular weight is 355 g/mol. The fourth-order valence-electron chi connectivity index (χ4n) is 3.10. The number of anilines is 1. The minimum atomic E-state index is -0.000797. The quantitative estimate of drug-likeness (QED) is 0.736. The maximum atomic E-state index is 5.96. The van der Waals surface area contributed by atoms with E-state index >= 15 is 0 Å². The maximum Gasteiger partial charge on any atom is 0.126 e. The first-order valence-electron chi connectivity index (χ1n) is 8.38. The Hall–Kier alpha value is -2.22. The highest BCUT2D eigenvalue weighted by Crippen LogP contribution is 2.28. The van der Waals surface area contributed by atoms with Crippen molar-refractivity contribution in [2.45, 2.75) is 12.6 Å². The molecular formula is C18H21N5OS. The van der Waals surface area contributed by atoms with E-state index in [1.165, 1.54) is 10.4 Å². The standard InChI is InChI=1S/C18H21N5OS/c1-19-17-6-2-4-14(21-17)15-12-23(7-8-24-15)11-13-10-20-22-18(13)16-5-3-9-25-16/h2-6,9-10,15H,7-8,11-12H2,1H3,(H,19,21)(H,20,22). The predicted molar refractivity (Wildman–Crippen MR) is 99.7 cm³/mol. The predicted octanol–water partition coefficient (Wildman–Crippen LogP) is 3.15. The molecule has 2 N–H and O–H groups in total. The molecule has 0 saturated carbocycles. The van der Waals surface area contributed by atoms with E-state index in [4.69, 9.17) is 4.74 Å². The van der Waals surface area contributed by atoms with Gasteiger partial charge in [-0.1, -0.05) is 12.1 Å². The Morgan fingerprint density at radius 3 is 3.16 bits per heavy atom. The number of H-pyrrole nitrogens is 1. The first kappa shape index (κ1) is 16.3. The van der Waals surface area contributed by atoms with Crippen molar-refractivity contribution in [2.75, 3.05) is 32.1 Å². The van der Waals surface area contributed by atoms with Gasteiger partial charge in [-0.25, -0.2) is 4.98 Å². The van der Waals surface area contributed by atoms with E-state index in [1.54, 1.807) is 11.3 Å². The van der Waals surface area contributed by atoms with Crippen LogP contribution >= 0.6 is 11.3 Å². The molecule has 3 aromatic rings. The molecule has 1 aliphatic rings. The van der Waals surface area contributed by atoms with Crippen LogP contribution in [-0.2, 0) is 11.3 Å². The van der Waals surface area contributed by atoms with E-state index in [9.17, 15) is 0 Å². The second-order valence-corrected chi connectivity index (χ2v) is 6.99. The number of rotatable bonds is 5. The zero-order chi connectivity index (χ0) is 17.1. The van der Waals surface area contributed by atoms with E-state index in [1.807, 2.05) is 31.4 Å². The smallest absolute Gasteiger partial charge is 0.126 e. The third kappa shape index (κ3) is 3.58. The van der Waals surface area contributed by atoms with E-state index < -0.39 is 0 Å². The van der Waals surface area contributed by atoms with Gasteiger partial charge in [0.05, 0.1) is 29.1 Å². The Bertz CT molecular complexity index is 817. The summed E-state index contributed by atoms with van der Waals surface area (Å²) in [4.78, 5) is 8.25. The third-order valence-corrected chi connectivity index (χ3v) is 5.27. The highest BCUT2D eigenvalue weighted by molar-refractivity contribution is 7.13. The minimum Gasteiger partial charge on any atom is -0.373 e. The largest absolute Gasteiger partial charge is 0.373 e. The lowest BCUT2D eigenvalue weighted by molar-refractivity contribution is -0.0348. The Labute approximate surface area is 150 Å². The lowest BCUT2D eigenvalue weighted by atomic mass is 10.1. The molecule has 4 rings (SSSR count). The SMILES string of the molecule is CNc1cccc(C2CN(Cc3cn[nH]c3-c3cccs3)CCO2)n1. The van der Waals surface area contributed by atoms with Crippen molar-refractivity contribution in [3.05, 3.63) is 53.2 Å². The molecule has 7 heteroatoms. The van der Waals surface area contributed by atoms with Crippen molar-refractivity contribution in [1.82, 2.24) is 20.1 Å². The molecule has 25 heavy (non-hydrogen) atoms. The lowest BCUT2D eigenvalue weighted by Crippen LogP contribution is -2.38. The molecule has 4 heterocycles. The molecule has 0 amide bonds. The number of thiophene rings is 1. The normalized spacial score (nSPS) is 18.4. The Kier molecular flexibility index (Phi) is 4.78. The van der Waals surface area contributed by atoms with Gasteiger partial charge in [0.15, 0.2) is 0 Å². The van der Waals surface area contributed by atoms with Crippen LogP contribution in [0.25, 0.3) is 10.6 Å². The van der Waals surface area contributed by atoms with Gasteiger partial charge in [-0.3, -0.25) is 10.00 Å². The van der Waals surface area contributed by atoms with Gasteiger partial charge in [0.1, 0.15) is 11.9 Å². The number of ether oxygens (including phenoxy) is 1. The summed E-state index contributed by atoms with van der Waals surface area (Å²) in [6, 6.07) is 10.2. The zero-order valence-corrected chi connectivity index (χ0v) is 14.9. The highest BCUT2D eigenvalue weighted by atomic mass is 32.1. The van der Waals surface area contributed by atoms with E-state index in [0.717, 1.165) is 36.8 Å². The van der Waals surface area contributed by atoms with Gasteiger partial charge in [-0.2, -0.15) is 5.10 Å². The second-order valence-electron chi connectivity index (χ2n) is 6.04. The van der Waals surface area contributed by atoms with Crippen molar-refractivity contribution in [2.24, 2.45) is 0 Å². The summed E-state index contributed by atoms with van der Waals surface area (Å²) in [5.41, 5.74) is 3.32. The molecule has 0 spiro atoms. The molecule has 1 atom stereocenters. The van der Waals surface area contributed by atoms with Crippen LogP contribution < -0.4 is 5.32 Å². The molecule has 3 aromatic heterocycles. The molecule has 1 unspecified atom stereocenters. The first-order chi connectivity index (χ1) is 12.3. The summed E-state index contributed by atoms with van der Waals surface area (Å²) in [5, 5.41) is 12.6. The fourth-order valence-corrected chi connectivity index (χ4v) is 3.86. The number of aromatic amines is 1. The molecule has 1 fully saturated rings. The Morgan fingerprint density at radius 2 is 2.32 bits per heavy atom. The van der Waals surface area contributed by atoms with Crippen molar-refractivity contribution in [3.63, 3.8) is 0 Å². The van der Waals surface area contributed by atoms with E-state index in [0.29, 0.717) is 6.61 Å². The average Bonchev–Trinajstić information content (AvgIpc) is 3.33. The molecule has 0 aromatic carbocycles. The van der Waals surface area contributed by atoms with Gasteiger partial charge >= 0.3 is 0 Å². The summed E-state index contributed by atoms with van der Waals surface area (Å²) in [7, 11) is 1.88. The molecule has 1 aliphatic heterocycles. The zero-order valence-electron chi connectivity index (χ0n) is 14.1. The van der Waals surface area contributed by atoms with Crippen LogP contribution in [0.1, 0.15) is 17.4 Å². The maximum absolute atomic E-state index is 5.96. The van der Waals surface area contributed by atoms with Crippen LogP contribution in [0.5, 0.6) is 0 Å². The molecular weight excluding hydrogens is 334 g/mol.